The first-order valence-electron chi connectivity index (χ1n) is 11.1. The van der Waals surface area contributed by atoms with E-state index in [1.807, 2.05) is 30.3 Å². The van der Waals surface area contributed by atoms with Gasteiger partial charge in [0.15, 0.2) is 5.82 Å². The summed E-state index contributed by atoms with van der Waals surface area (Å²) in [5.41, 5.74) is 4.75. The van der Waals surface area contributed by atoms with Gasteiger partial charge in [0.2, 0.25) is 11.1 Å². The van der Waals surface area contributed by atoms with Crippen molar-refractivity contribution in [2.45, 2.75) is 44.8 Å². The maximum Gasteiger partial charge on any atom is 0.230 e. The minimum Gasteiger partial charge on any atom is -0.353 e. The number of pyridine rings is 1. The van der Waals surface area contributed by atoms with Crippen LogP contribution in [0.25, 0.3) is 33.5 Å². The summed E-state index contributed by atoms with van der Waals surface area (Å²) in [4.78, 5) is 17.1. The van der Waals surface area contributed by atoms with Gasteiger partial charge < -0.3 is 11.2 Å². The summed E-state index contributed by atoms with van der Waals surface area (Å²) < 4.78 is 1.45. The first-order valence-corrected chi connectivity index (χ1v) is 12.1. The van der Waals surface area contributed by atoms with E-state index in [2.05, 4.69) is 60.6 Å². The van der Waals surface area contributed by atoms with Crippen LogP contribution >= 0.6 is 11.8 Å². The summed E-state index contributed by atoms with van der Waals surface area (Å²) in [5, 5.41) is 13.1. The molecule has 0 radical (unpaired) electrons. The normalized spacial score (nSPS) is 11.3. The predicted octanol–water partition coefficient (Wildman–Crippen LogP) is 4.58. The number of carbonyl (C=O) groups excluding carboxylic acids is 1. The van der Waals surface area contributed by atoms with Gasteiger partial charge >= 0.3 is 0 Å². The minimum absolute atomic E-state index is 0.0331. The van der Waals surface area contributed by atoms with Gasteiger partial charge in [-0.2, -0.15) is 0 Å². The lowest BCUT2D eigenvalue weighted by Gasteiger charge is -2.14. The number of nitrogens with one attached hydrogen (secondary N) is 1. The highest BCUT2D eigenvalue weighted by molar-refractivity contribution is 7.99. The summed E-state index contributed by atoms with van der Waals surface area (Å²) in [5.74, 6) is 7.13. The monoisotopic (exact) mass is 460 g/mol. The standard InChI is InChI=1S/C25H28N6OS/c1-4-18(5-2)27-23(32)15-33-25-30-29-24(31(25)26)20-14-22(17-12-10-16(3)11-13-17)28-21-9-7-6-8-19(20)21/h6-14,18H,4-5,15,26H2,1-3H3,(H,27,32). The fraction of sp³-hybridized carbons (Fsp3) is 0.280. The van der Waals surface area contributed by atoms with Gasteiger partial charge in [-0.25, -0.2) is 9.66 Å². The summed E-state index contributed by atoms with van der Waals surface area (Å²) in [6, 6.07) is 18.3. The van der Waals surface area contributed by atoms with Gasteiger partial charge in [0, 0.05) is 22.6 Å². The van der Waals surface area contributed by atoms with E-state index in [-0.39, 0.29) is 17.7 Å². The van der Waals surface area contributed by atoms with E-state index < -0.39 is 0 Å². The van der Waals surface area contributed by atoms with Gasteiger partial charge in [-0.3, -0.25) is 4.79 Å². The van der Waals surface area contributed by atoms with Crippen molar-refractivity contribution < 1.29 is 4.79 Å². The number of nitrogens with two attached hydrogens (primary N) is 1. The second-order valence-corrected chi connectivity index (χ2v) is 8.93. The molecule has 0 spiro atoms. The molecule has 0 aliphatic heterocycles. The smallest absolute Gasteiger partial charge is 0.230 e. The molecule has 4 aromatic rings. The Hall–Kier alpha value is -3.39. The molecular formula is C25H28N6OS. The van der Waals surface area contributed by atoms with E-state index in [0.29, 0.717) is 11.0 Å². The average molecular weight is 461 g/mol. The fourth-order valence-electron chi connectivity index (χ4n) is 3.68. The molecule has 0 aliphatic rings. The van der Waals surface area contributed by atoms with Crippen molar-refractivity contribution >= 4 is 28.6 Å². The summed E-state index contributed by atoms with van der Waals surface area (Å²) in [7, 11) is 0. The molecule has 0 atom stereocenters. The van der Waals surface area contributed by atoms with Crippen LogP contribution < -0.4 is 11.2 Å². The molecule has 1 amide bonds. The number of hydrogen-bond acceptors (Lipinski definition) is 6. The highest BCUT2D eigenvalue weighted by Crippen LogP contribution is 2.32. The first kappa shape index (κ1) is 22.8. The number of thioether (sulfide) groups is 1. The second-order valence-electron chi connectivity index (χ2n) is 7.98. The molecule has 8 heteroatoms. The van der Waals surface area contributed by atoms with E-state index in [1.165, 1.54) is 22.0 Å². The quantitative estimate of drug-likeness (QED) is 0.295. The van der Waals surface area contributed by atoms with Gasteiger partial charge in [-0.05, 0) is 31.9 Å². The molecule has 2 aromatic heterocycles. The zero-order chi connectivity index (χ0) is 23.4. The Morgan fingerprint density at radius 1 is 1.09 bits per heavy atom. The number of aryl methyl sites for hydroxylation is 1. The van der Waals surface area contributed by atoms with Gasteiger partial charge in [0.1, 0.15) is 0 Å². The SMILES string of the molecule is CCC(CC)NC(=O)CSc1nnc(-c2cc(-c3ccc(C)cc3)nc3ccccc23)n1N. The Labute approximate surface area is 197 Å². The number of rotatable bonds is 8. The average Bonchev–Trinajstić information content (AvgIpc) is 3.20. The number of nitrogen functional groups attached to an aromatic ring is 1. The van der Waals surface area contributed by atoms with Gasteiger partial charge in [0.25, 0.3) is 0 Å². The molecule has 4 rings (SSSR count). The van der Waals surface area contributed by atoms with Crippen LogP contribution in [0.2, 0.25) is 0 Å². The molecule has 3 N–H and O–H groups in total. The Kier molecular flexibility index (Phi) is 6.93. The molecule has 0 fully saturated rings. The van der Waals surface area contributed by atoms with Crippen molar-refractivity contribution in [3.63, 3.8) is 0 Å². The Balaban J connectivity index is 1.66. The first-order chi connectivity index (χ1) is 16.0. The lowest BCUT2D eigenvalue weighted by molar-refractivity contribution is -0.119. The molecule has 0 aliphatic carbocycles. The third-order valence-electron chi connectivity index (χ3n) is 5.65. The Morgan fingerprint density at radius 3 is 2.55 bits per heavy atom. The maximum absolute atomic E-state index is 12.3. The number of fused-ring (bicyclic) bond motifs is 1. The number of benzene rings is 2. The highest BCUT2D eigenvalue weighted by atomic mass is 32.2. The van der Waals surface area contributed by atoms with E-state index in [4.69, 9.17) is 10.8 Å². The minimum atomic E-state index is -0.0331. The van der Waals surface area contributed by atoms with Gasteiger partial charge in [-0.1, -0.05) is 73.6 Å². The summed E-state index contributed by atoms with van der Waals surface area (Å²) in [6.07, 6.45) is 1.81. The van der Waals surface area contributed by atoms with Crippen molar-refractivity contribution in [3.8, 4) is 22.6 Å². The van der Waals surface area contributed by atoms with Gasteiger partial charge in [-0.15, -0.1) is 10.2 Å². The zero-order valence-electron chi connectivity index (χ0n) is 19.1. The topological polar surface area (TPSA) is 98.7 Å². The molecule has 0 saturated carbocycles. The molecule has 170 valence electrons. The van der Waals surface area contributed by atoms with E-state index in [0.717, 1.165) is 40.6 Å². The molecule has 0 bridgehead atoms. The van der Waals surface area contributed by atoms with Crippen molar-refractivity contribution in [2.24, 2.45) is 0 Å². The van der Waals surface area contributed by atoms with Crippen molar-refractivity contribution in [1.82, 2.24) is 25.2 Å². The molecule has 33 heavy (non-hydrogen) atoms. The van der Waals surface area contributed by atoms with Crippen LogP contribution in [0.4, 0.5) is 0 Å². The predicted molar refractivity (Wildman–Crippen MR) is 134 cm³/mol. The number of nitrogens with zero attached hydrogens (tertiary/aromatic N) is 4. The molecule has 2 aromatic carbocycles. The largest absolute Gasteiger partial charge is 0.353 e. The van der Waals surface area contributed by atoms with Crippen LogP contribution in [0.5, 0.6) is 0 Å². The lowest BCUT2D eigenvalue weighted by Crippen LogP contribution is -2.35. The van der Waals surface area contributed by atoms with E-state index >= 15 is 0 Å². The molecule has 7 nitrogen and oxygen atoms in total. The summed E-state index contributed by atoms with van der Waals surface area (Å²) in [6.45, 7) is 6.19. The van der Waals surface area contributed by atoms with Crippen LogP contribution in [-0.2, 0) is 4.79 Å². The second kappa shape index (κ2) is 10.0. The Bertz CT molecular complexity index is 1260. The van der Waals surface area contributed by atoms with Crippen molar-refractivity contribution in [3.05, 3.63) is 60.2 Å². The molecule has 2 heterocycles. The van der Waals surface area contributed by atoms with Crippen LogP contribution in [0.15, 0.2) is 59.8 Å². The van der Waals surface area contributed by atoms with Crippen molar-refractivity contribution in [1.29, 1.82) is 0 Å². The summed E-state index contributed by atoms with van der Waals surface area (Å²) >= 11 is 1.28. The fourth-order valence-corrected chi connectivity index (χ4v) is 4.35. The number of carbonyl (C=O) groups is 1. The van der Waals surface area contributed by atoms with Crippen LogP contribution in [0.1, 0.15) is 32.3 Å². The van der Waals surface area contributed by atoms with E-state index in [9.17, 15) is 4.79 Å². The third kappa shape index (κ3) is 5.01. The molecule has 0 unspecified atom stereocenters. The van der Waals surface area contributed by atoms with Crippen LogP contribution in [0.3, 0.4) is 0 Å². The Morgan fingerprint density at radius 2 is 1.82 bits per heavy atom. The van der Waals surface area contributed by atoms with Crippen LogP contribution in [0, 0.1) is 6.92 Å². The number of hydrogen-bond donors (Lipinski definition) is 2. The van der Waals surface area contributed by atoms with Crippen molar-refractivity contribution in [2.75, 3.05) is 11.6 Å². The van der Waals surface area contributed by atoms with Crippen LogP contribution in [-0.4, -0.2) is 37.6 Å². The maximum atomic E-state index is 12.3. The third-order valence-corrected chi connectivity index (χ3v) is 6.60. The molecular weight excluding hydrogens is 432 g/mol. The number of amides is 1. The van der Waals surface area contributed by atoms with E-state index in [1.54, 1.807) is 0 Å². The number of aromatic nitrogens is 4. The zero-order valence-corrected chi connectivity index (χ0v) is 19.9. The van der Waals surface area contributed by atoms with Gasteiger partial charge in [0.05, 0.1) is 17.0 Å². The molecule has 0 saturated heterocycles. The highest BCUT2D eigenvalue weighted by Gasteiger charge is 2.18. The number of para-hydroxylation sites is 1. The lowest BCUT2D eigenvalue weighted by atomic mass is 10.0.